The van der Waals surface area contributed by atoms with Crippen molar-refractivity contribution in [2.45, 2.75) is 33.5 Å². The Morgan fingerprint density at radius 2 is 1.65 bits per heavy atom. The molecule has 0 aliphatic carbocycles. The third kappa shape index (κ3) is 6.24. The number of nitrogens with one attached hydrogen (secondary N) is 1. The molecule has 0 bridgehead atoms. The molecule has 0 saturated carbocycles. The number of Topliss-reactive ketones (excluding diaryl/α,β-unsaturated/α-hetero) is 1. The Kier molecular flexibility index (Phi) is 7.74. The highest BCUT2D eigenvalue weighted by Crippen LogP contribution is 2.31. The summed E-state index contributed by atoms with van der Waals surface area (Å²) in [5.41, 5.74) is 2.38. The minimum absolute atomic E-state index is 0.0326. The van der Waals surface area contributed by atoms with Crippen LogP contribution in [0.3, 0.4) is 0 Å². The van der Waals surface area contributed by atoms with Gasteiger partial charge in [-0.15, -0.1) is 0 Å². The molecule has 1 aliphatic heterocycles. The number of hydrogen-bond donors (Lipinski definition) is 1. The summed E-state index contributed by atoms with van der Waals surface area (Å²) in [5, 5.41) is 3.04. The van der Waals surface area contributed by atoms with Crippen molar-refractivity contribution in [2.75, 3.05) is 11.4 Å². The molecule has 2 amide bonds. The van der Waals surface area contributed by atoms with E-state index in [2.05, 4.69) is 10.3 Å². The number of carbonyl (C=O) groups is 3. The Morgan fingerprint density at radius 1 is 1.00 bits per heavy atom. The van der Waals surface area contributed by atoms with E-state index in [0.29, 0.717) is 22.0 Å². The predicted octanol–water partition coefficient (Wildman–Crippen LogP) is 5.39. The van der Waals surface area contributed by atoms with Crippen LogP contribution in [0.5, 0.6) is 0 Å². The third-order valence-corrected chi connectivity index (χ3v) is 6.15. The number of rotatable bonds is 6. The van der Waals surface area contributed by atoms with Gasteiger partial charge in [-0.05, 0) is 23.8 Å². The fourth-order valence-corrected chi connectivity index (χ4v) is 3.97. The fraction of sp³-hybridized carbons (Fsp3) is 0.241. The van der Waals surface area contributed by atoms with E-state index in [0.717, 1.165) is 11.1 Å². The molecule has 1 atom stereocenters. The molecule has 7 nitrogen and oxygen atoms in total. The first-order valence-electron chi connectivity index (χ1n) is 11.9. The standard InChI is InChI=1S/C29H28ClN3O4/c1-29(2,3)24(34)17-33-23-15-14-21(30)16-22(23)25(20-12-8-5-9-13-20)31-26(27(33)35)32-28(36)37-18-19-10-6-4-7-11-19/h4-16,26H,17-18H2,1-3H3,(H,32,36). The van der Waals surface area contributed by atoms with Crippen molar-refractivity contribution >= 4 is 40.8 Å². The molecule has 190 valence electrons. The van der Waals surface area contributed by atoms with Gasteiger partial charge in [-0.3, -0.25) is 14.9 Å². The number of amides is 2. The Balaban J connectivity index is 1.74. The van der Waals surface area contributed by atoms with Gasteiger partial charge in [0, 0.05) is 21.6 Å². The Labute approximate surface area is 221 Å². The zero-order chi connectivity index (χ0) is 26.6. The summed E-state index contributed by atoms with van der Waals surface area (Å²) in [6, 6.07) is 23.6. The van der Waals surface area contributed by atoms with Crippen LogP contribution in [0.4, 0.5) is 10.5 Å². The number of carbonyl (C=O) groups excluding carboxylic acids is 3. The van der Waals surface area contributed by atoms with Crippen molar-refractivity contribution in [2.24, 2.45) is 10.4 Å². The maximum Gasteiger partial charge on any atom is 0.409 e. The lowest BCUT2D eigenvalue weighted by atomic mass is 9.90. The van der Waals surface area contributed by atoms with Gasteiger partial charge in [-0.2, -0.15) is 0 Å². The number of benzene rings is 3. The number of fused-ring (bicyclic) bond motifs is 1. The number of halogens is 1. The lowest BCUT2D eigenvalue weighted by Crippen LogP contribution is -2.50. The molecular formula is C29H28ClN3O4. The summed E-state index contributed by atoms with van der Waals surface area (Å²) in [7, 11) is 0. The number of alkyl carbamates (subject to hydrolysis) is 1. The van der Waals surface area contributed by atoms with E-state index in [-0.39, 0.29) is 18.9 Å². The predicted molar refractivity (Wildman–Crippen MR) is 144 cm³/mol. The van der Waals surface area contributed by atoms with Crippen molar-refractivity contribution in [3.05, 3.63) is 101 Å². The maximum atomic E-state index is 13.8. The van der Waals surface area contributed by atoms with Crippen LogP contribution < -0.4 is 10.2 Å². The maximum absolute atomic E-state index is 13.8. The minimum Gasteiger partial charge on any atom is -0.445 e. The van der Waals surface area contributed by atoms with Gasteiger partial charge in [0.05, 0.1) is 17.9 Å². The third-order valence-electron chi connectivity index (χ3n) is 5.92. The van der Waals surface area contributed by atoms with Gasteiger partial charge in [-0.1, -0.05) is 93.0 Å². The summed E-state index contributed by atoms with van der Waals surface area (Å²) in [5.74, 6) is -0.695. The molecule has 0 spiro atoms. The molecule has 0 fully saturated rings. The van der Waals surface area contributed by atoms with E-state index in [1.165, 1.54) is 4.90 Å². The second kappa shape index (κ2) is 11.0. The van der Waals surface area contributed by atoms with Crippen LogP contribution >= 0.6 is 11.6 Å². The van der Waals surface area contributed by atoms with Gasteiger partial charge in [0.25, 0.3) is 5.91 Å². The summed E-state index contributed by atoms with van der Waals surface area (Å²) >= 11 is 6.35. The number of hydrogen-bond acceptors (Lipinski definition) is 5. The number of aliphatic imine (C=N–C) groups is 1. The van der Waals surface area contributed by atoms with Crippen LogP contribution in [-0.2, 0) is 20.9 Å². The lowest BCUT2D eigenvalue weighted by molar-refractivity contribution is -0.127. The second-order valence-corrected chi connectivity index (χ2v) is 10.1. The lowest BCUT2D eigenvalue weighted by Gasteiger charge is -2.28. The van der Waals surface area contributed by atoms with Crippen molar-refractivity contribution in [1.29, 1.82) is 0 Å². The molecule has 1 N–H and O–H groups in total. The topological polar surface area (TPSA) is 88.1 Å². The van der Waals surface area contributed by atoms with Gasteiger partial charge < -0.3 is 9.64 Å². The van der Waals surface area contributed by atoms with E-state index < -0.39 is 23.6 Å². The summed E-state index contributed by atoms with van der Waals surface area (Å²) in [6.45, 7) is 5.23. The Bertz CT molecular complexity index is 1330. The summed E-state index contributed by atoms with van der Waals surface area (Å²) in [6.07, 6.45) is -2.12. The molecule has 3 aromatic carbocycles. The minimum atomic E-state index is -1.32. The van der Waals surface area contributed by atoms with Crippen LogP contribution in [0.1, 0.15) is 37.5 Å². The number of nitrogens with zero attached hydrogens (tertiary/aromatic N) is 2. The Morgan fingerprint density at radius 3 is 2.30 bits per heavy atom. The monoisotopic (exact) mass is 517 g/mol. The fourth-order valence-electron chi connectivity index (χ4n) is 3.79. The number of ketones is 1. The average Bonchev–Trinajstić information content (AvgIpc) is 2.98. The van der Waals surface area contributed by atoms with Gasteiger partial charge >= 0.3 is 6.09 Å². The van der Waals surface area contributed by atoms with Crippen molar-refractivity contribution in [3.8, 4) is 0 Å². The zero-order valence-corrected chi connectivity index (χ0v) is 21.7. The molecule has 3 aromatic rings. The van der Waals surface area contributed by atoms with Crippen LogP contribution in [0, 0.1) is 5.41 Å². The molecule has 1 aliphatic rings. The molecular weight excluding hydrogens is 490 g/mol. The smallest absolute Gasteiger partial charge is 0.409 e. The molecule has 4 rings (SSSR count). The SMILES string of the molecule is CC(C)(C)C(=O)CN1C(=O)C(NC(=O)OCc2ccccc2)N=C(c2ccccc2)c2cc(Cl)ccc21. The molecule has 8 heteroatoms. The first-order valence-corrected chi connectivity index (χ1v) is 12.3. The zero-order valence-electron chi connectivity index (χ0n) is 20.9. The van der Waals surface area contributed by atoms with Crippen molar-refractivity contribution < 1.29 is 19.1 Å². The van der Waals surface area contributed by atoms with E-state index in [9.17, 15) is 14.4 Å². The Hall–Kier alpha value is -3.97. The van der Waals surface area contributed by atoms with Crippen LogP contribution in [0.2, 0.25) is 5.02 Å². The van der Waals surface area contributed by atoms with E-state index in [1.54, 1.807) is 39.0 Å². The van der Waals surface area contributed by atoms with E-state index in [4.69, 9.17) is 16.3 Å². The highest BCUT2D eigenvalue weighted by molar-refractivity contribution is 6.32. The van der Waals surface area contributed by atoms with Gasteiger partial charge in [-0.25, -0.2) is 9.79 Å². The normalized spacial score (nSPS) is 15.4. The quantitative estimate of drug-likeness (QED) is 0.474. The van der Waals surface area contributed by atoms with E-state index in [1.807, 2.05) is 60.7 Å². The molecule has 0 radical (unpaired) electrons. The highest BCUT2D eigenvalue weighted by atomic mass is 35.5. The number of benzodiazepines with no additional fused rings is 1. The molecule has 37 heavy (non-hydrogen) atoms. The first kappa shape index (κ1) is 26.1. The molecule has 1 heterocycles. The summed E-state index contributed by atoms with van der Waals surface area (Å²) in [4.78, 5) is 45.6. The van der Waals surface area contributed by atoms with Crippen molar-refractivity contribution in [1.82, 2.24) is 5.32 Å². The molecule has 0 aromatic heterocycles. The number of ether oxygens (including phenoxy) is 1. The van der Waals surface area contributed by atoms with Crippen LogP contribution in [-0.4, -0.2) is 36.2 Å². The van der Waals surface area contributed by atoms with Crippen molar-refractivity contribution in [3.63, 3.8) is 0 Å². The van der Waals surface area contributed by atoms with Gasteiger partial charge in [0.15, 0.2) is 5.78 Å². The highest BCUT2D eigenvalue weighted by Gasteiger charge is 2.36. The van der Waals surface area contributed by atoms with Gasteiger partial charge in [0.2, 0.25) is 6.17 Å². The molecule has 1 unspecified atom stereocenters. The largest absolute Gasteiger partial charge is 0.445 e. The van der Waals surface area contributed by atoms with Crippen LogP contribution in [0.15, 0.2) is 83.9 Å². The average molecular weight is 518 g/mol. The van der Waals surface area contributed by atoms with Gasteiger partial charge in [0.1, 0.15) is 6.61 Å². The first-order chi connectivity index (χ1) is 17.6. The summed E-state index contributed by atoms with van der Waals surface area (Å²) < 4.78 is 5.35. The van der Waals surface area contributed by atoms with E-state index >= 15 is 0 Å². The number of anilines is 1. The second-order valence-electron chi connectivity index (χ2n) is 9.71. The molecule has 0 saturated heterocycles. The van der Waals surface area contributed by atoms with Crippen LogP contribution in [0.25, 0.3) is 0 Å².